The third-order valence-electron chi connectivity index (χ3n) is 4.64. The number of hydrogen-bond acceptors (Lipinski definition) is 5. The Morgan fingerprint density at radius 1 is 1.27 bits per heavy atom. The number of allylic oxidation sites excluding steroid dienone is 1. The van der Waals surface area contributed by atoms with Crippen molar-refractivity contribution in [2.75, 3.05) is 13.2 Å². The average molecular weight is 367 g/mol. The van der Waals surface area contributed by atoms with Crippen LogP contribution in [0.3, 0.4) is 0 Å². The molecule has 1 heterocycles. The van der Waals surface area contributed by atoms with Crippen LogP contribution in [0.1, 0.15) is 53.4 Å². The fraction of sp³-hybridized carbons (Fsp3) is 0.684. The summed E-state index contributed by atoms with van der Waals surface area (Å²) in [5.41, 5.74) is -1.22. The van der Waals surface area contributed by atoms with Gasteiger partial charge in [0, 0.05) is 12.6 Å². The fourth-order valence-electron chi connectivity index (χ4n) is 2.60. The maximum Gasteiger partial charge on any atom is 0.330 e. The number of carbonyl (C=O) groups is 4. The highest BCUT2D eigenvalue weighted by Gasteiger charge is 2.41. The number of carboxylic acid groups (broad SMARTS) is 1. The van der Waals surface area contributed by atoms with E-state index in [0.717, 1.165) is 11.3 Å². The van der Waals surface area contributed by atoms with E-state index < -0.39 is 35.1 Å². The molecule has 0 aromatic heterocycles. The summed E-state index contributed by atoms with van der Waals surface area (Å²) in [4.78, 5) is 49.3. The number of rotatable bonds is 8. The van der Waals surface area contributed by atoms with Crippen LogP contribution in [-0.4, -0.2) is 52.8 Å². The van der Waals surface area contributed by atoms with Crippen LogP contribution in [0.2, 0.25) is 0 Å². The smallest absolute Gasteiger partial charge is 0.330 e. The van der Waals surface area contributed by atoms with Gasteiger partial charge in [-0.2, -0.15) is 0 Å². The Morgan fingerprint density at radius 3 is 2.50 bits per heavy atom. The molecule has 0 aliphatic carbocycles. The van der Waals surface area contributed by atoms with Crippen molar-refractivity contribution in [3.8, 4) is 0 Å². The van der Waals surface area contributed by atoms with Crippen molar-refractivity contribution in [3.05, 3.63) is 12.2 Å². The standard InChI is InChI=1S/C19H29NO6/c1-5-13(2)9-10-15(21)26-12-19(3,4)16(22)17(23)20-11-7-6-8-14(20)18(24)25/h9-10,13-14H,5-8,11-12H2,1-4H3,(H,24,25)/b10-9-. The normalized spacial score (nSPS) is 19.2. The molecule has 146 valence electrons. The third-order valence-corrected chi connectivity index (χ3v) is 4.64. The lowest BCUT2D eigenvalue weighted by Crippen LogP contribution is -2.53. The maximum absolute atomic E-state index is 12.6. The van der Waals surface area contributed by atoms with Crippen LogP contribution in [0.4, 0.5) is 0 Å². The molecule has 0 aromatic rings. The van der Waals surface area contributed by atoms with E-state index >= 15 is 0 Å². The summed E-state index contributed by atoms with van der Waals surface area (Å²) in [6, 6.07) is -0.975. The Labute approximate surface area is 154 Å². The number of nitrogens with zero attached hydrogens (tertiary/aromatic N) is 1. The molecule has 1 aliphatic rings. The summed E-state index contributed by atoms with van der Waals surface area (Å²) < 4.78 is 5.10. The van der Waals surface area contributed by atoms with Gasteiger partial charge < -0.3 is 14.7 Å². The van der Waals surface area contributed by atoms with Crippen molar-refractivity contribution in [2.45, 2.75) is 59.4 Å². The molecule has 0 aromatic carbocycles. The largest absolute Gasteiger partial charge is 0.480 e. The van der Waals surface area contributed by atoms with E-state index in [9.17, 15) is 24.3 Å². The molecule has 1 saturated heterocycles. The Bertz CT molecular complexity index is 581. The Kier molecular flexibility index (Phi) is 7.99. The van der Waals surface area contributed by atoms with E-state index in [-0.39, 0.29) is 19.1 Å². The summed E-state index contributed by atoms with van der Waals surface area (Å²) in [5, 5.41) is 9.26. The number of amides is 1. The van der Waals surface area contributed by atoms with Crippen LogP contribution in [0.5, 0.6) is 0 Å². The number of carboxylic acids is 1. The van der Waals surface area contributed by atoms with E-state index in [2.05, 4.69) is 0 Å². The summed E-state index contributed by atoms with van der Waals surface area (Å²) in [7, 11) is 0. The molecule has 0 saturated carbocycles. The Balaban J connectivity index is 2.71. The monoisotopic (exact) mass is 367 g/mol. The second kappa shape index (κ2) is 9.50. The van der Waals surface area contributed by atoms with E-state index in [4.69, 9.17) is 4.74 Å². The molecule has 7 heteroatoms. The molecule has 1 amide bonds. The number of aliphatic carboxylic acids is 1. The lowest BCUT2D eigenvalue weighted by atomic mass is 9.87. The molecule has 7 nitrogen and oxygen atoms in total. The Hall–Kier alpha value is -2.18. The molecule has 2 unspecified atom stereocenters. The van der Waals surface area contributed by atoms with E-state index in [1.165, 1.54) is 19.9 Å². The topological polar surface area (TPSA) is 101 Å². The minimum atomic E-state index is -1.22. The maximum atomic E-state index is 12.6. The van der Waals surface area contributed by atoms with Gasteiger partial charge in [0.1, 0.15) is 12.6 Å². The van der Waals surface area contributed by atoms with Gasteiger partial charge in [0.25, 0.3) is 5.91 Å². The Morgan fingerprint density at radius 2 is 1.92 bits per heavy atom. The zero-order valence-corrected chi connectivity index (χ0v) is 16.0. The fourth-order valence-corrected chi connectivity index (χ4v) is 2.60. The molecule has 0 spiro atoms. The van der Waals surface area contributed by atoms with Crippen LogP contribution in [-0.2, 0) is 23.9 Å². The lowest BCUT2D eigenvalue weighted by molar-refractivity contribution is -0.159. The predicted octanol–water partition coefficient (Wildman–Crippen LogP) is 2.19. The number of ketones is 1. The molecule has 1 fully saturated rings. The first kappa shape index (κ1) is 21.9. The number of piperidine rings is 1. The van der Waals surface area contributed by atoms with Crippen molar-refractivity contribution in [3.63, 3.8) is 0 Å². The molecule has 1 aliphatic heterocycles. The number of esters is 1. The molecule has 26 heavy (non-hydrogen) atoms. The average Bonchev–Trinajstić information content (AvgIpc) is 2.62. The molecule has 1 N–H and O–H groups in total. The van der Waals surface area contributed by atoms with Gasteiger partial charge in [-0.25, -0.2) is 9.59 Å². The van der Waals surface area contributed by atoms with Crippen molar-refractivity contribution in [2.24, 2.45) is 11.3 Å². The highest BCUT2D eigenvalue weighted by Crippen LogP contribution is 2.23. The number of carbonyl (C=O) groups excluding carboxylic acids is 3. The zero-order valence-electron chi connectivity index (χ0n) is 16.0. The predicted molar refractivity (Wildman–Crippen MR) is 95.3 cm³/mol. The molecular formula is C19H29NO6. The van der Waals surface area contributed by atoms with E-state index in [1.54, 1.807) is 6.08 Å². The van der Waals surface area contributed by atoms with Gasteiger partial charge in [-0.15, -0.1) is 0 Å². The SMILES string of the molecule is CCC(C)/C=C\C(=O)OCC(C)(C)C(=O)C(=O)N1CCCCC1C(=O)O. The lowest BCUT2D eigenvalue weighted by Gasteiger charge is -2.34. The molecule has 0 radical (unpaired) electrons. The zero-order chi connectivity index (χ0) is 19.9. The highest BCUT2D eigenvalue weighted by atomic mass is 16.5. The summed E-state index contributed by atoms with van der Waals surface area (Å²) >= 11 is 0. The second-order valence-electron chi connectivity index (χ2n) is 7.41. The van der Waals surface area contributed by atoms with Crippen molar-refractivity contribution < 1.29 is 29.0 Å². The van der Waals surface area contributed by atoms with Gasteiger partial charge in [0.05, 0.1) is 5.41 Å². The minimum absolute atomic E-state index is 0.242. The van der Waals surface area contributed by atoms with Crippen molar-refractivity contribution in [1.82, 2.24) is 4.90 Å². The first-order valence-corrected chi connectivity index (χ1v) is 9.03. The number of hydrogen-bond donors (Lipinski definition) is 1. The van der Waals surface area contributed by atoms with Crippen LogP contribution in [0.25, 0.3) is 0 Å². The third kappa shape index (κ3) is 5.97. The quantitative estimate of drug-likeness (QED) is 0.401. The van der Waals surface area contributed by atoms with Crippen LogP contribution in [0, 0.1) is 11.3 Å². The van der Waals surface area contributed by atoms with E-state index in [0.29, 0.717) is 19.3 Å². The first-order valence-electron chi connectivity index (χ1n) is 9.03. The highest BCUT2D eigenvalue weighted by molar-refractivity contribution is 6.38. The summed E-state index contributed by atoms with van der Waals surface area (Å²) in [5.74, 6) is -3.01. The van der Waals surface area contributed by atoms with Crippen LogP contribution >= 0.6 is 0 Å². The van der Waals surface area contributed by atoms with Crippen LogP contribution in [0.15, 0.2) is 12.2 Å². The van der Waals surface area contributed by atoms with Gasteiger partial charge in [-0.05, 0) is 39.0 Å². The van der Waals surface area contributed by atoms with E-state index in [1.807, 2.05) is 13.8 Å². The van der Waals surface area contributed by atoms with Gasteiger partial charge >= 0.3 is 11.9 Å². The van der Waals surface area contributed by atoms with Gasteiger partial charge in [-0.3, -0.25) is 9.59 Å². The molecule has 1 rings (SSSR count). The summed E-state index contributed by atoms with van der Waals surface area (Å²) in [6.45, 7) is 6.99. The number of ether oxygens (including phenoxy) is 1. The second-order valence-corrected chi connectivity index (χ2v) is 7.41. The number of Topliss-reactive ketones (excluding diaryl/α,β-unsaturated/α-hetero) is 1. The molecule has 2 atom stereocenters. The molecule has 0 bridgehead atoms. The van der Waals surface area contributed by atoms with Gasteiger partial charge in [0.2, 0.25) is 5.78 Å². The van der Waals surface area contributed by atoms with Crippen molar-refractivity contribution >= 4 is 23.6 Å². The van der Waals surface area contributed by atoms with Gasteiger partial charge in [0.15, 0.2) is 0 Å². The minimum Gasteiger partial charge on any atom is -0.480 e. The summed E-state index contributed by atoms with van der Waals surface area (Å²) in [6.07, 6.45) is 5.65. The first-order chi connectivity index (χ1) is 12.1. The molecular weight excluding hydrogens is 338 g/mol. The number of likely N-dealkylation sites (tertiary alicyclic amines) is 1. The van der Waals surface area contributed by atoms with Gasteiger partial charge in [-0.1, -0.05) is 26.3 Å². The van der Waals surface area contributed by atoms with Crippen molar-refractivity contribution in [1.29, 1.82) is 0 Å². The van der Waals surface area contributed by atoms with Crippen LogP contribution < -0.4 is 0 Å².